The molecule has 5 heteroatoms. The Morgan fingerprint density at radius 3 is 2.41 bits per heavy atom. The van der Waals surface area contributed by atoms with E-state index in [1.54, 1.807) is 0 Å². The first-order valence-corrected chi connectivity index (χ1v) is 6.24. The Kier molecular flexibility index (Phi) is 3.66. The van der Waals surface area contributed by atoms with Crippen molar-refractivity contribution in [2.75, 3.05) is 13.2 Å². The lowest BCUT2D eigenvalue weighted by Gasteiger charge is -2.35. The van der Waals surface area contributed by atoms with Crippen LogP contribution in [0.2, 0.25) is 0 Å². The van der Waals surface area contributed by atoms with E-state index < -0.39 is 11.5 Å². The molecule has 1 amide bonds. The van der Waals surface area contributed by atoms with Gasteiger partial charge in [-0.25, -0.2) is 4.79 Å². The van der Waals surface area contributed by atoms with Gasteiger partial charge in [-0.1, -0.05) is 6.42 Å². The normalized spacial score (nSPS) is 23.8. The Bertz CT molecular complexity index is 306. The van der Waals surface area contributed by atoms with Crippen molar-refractivity contribution >= 4 is 11.9 Å². The zero-order valence-electron chi connectivity index (χ0n) is 9.91. The number of hydrogen-bond donors (Lipinski definition) is 2. The van der Waals surface area contributed by atoms with E-state index in [4.69, 9.17) is 4.74 Å². The van der Waals surface area contributed by atoms with Crippen LogP contribution in [0.4, 0.5) is 0 Å². The van der Waals surface area contributed by atoms with Gasteiger partial charge in [0, 0.05) is 32.5 Å². The summed E-state index contributed by atoms with van der Waals surface area (Å²) in [5.41, 5.74) is -1.10. The second-order valence-electron chi connectivity index (χ2n) is 5.05. The standard InChI is InChI=1S/C12H19NO4/c14-10(8-9-2-1-3-9)13-12(11(15)16)4-6-17-7-5-12/h9H,1-8H2,(H,13,14)(H,15,16). The minimum Gasteiger partial charge on any atom is -0.480 e. The molecule has 0 unspecified atom stereocenters. The van der Waals surface area contributed by atoms with Gasteiger partial charge >= 0.3 is 5.97 Å². The fraction of sp³-hybridized carbons (Fsp3) is 0.833. The molecular weight excluding hydrogens is 222 g/mol. The lowest BCUT2D eigenvalue weighted by Crippen LogP contribution is -2.57. The van der Waals surface area contributed by atoms with E-state index in [2.05, 4.69) is 5.32 Å². The van der Waals surface area contributed by atoms with Crippen molar-refractivity contribution < 1.29 is 19.4 Å². The number of carboxylic acids is 1. The third-order valence-electron chi connectivity index (χ3n) is 3.83. The van der Waals surface area contributed by atoms with Crippen LogP contribution in [0, 0.1) is 5.92 Å². The molecule has 96 valence electrons. The zero-order valence-corrected chi connectivity index (χ0v) is 9.91. The van der Waals surface area contributed by atoms with Gasteiger partial charge in [0.05, 0.1) is 0 Å². The first-order valence-electron chi connectivity index (χ1n) is 6.24. The Labute approximate surface area is 101 Å². The minimum absolute atomic E-state index is 0.126. The van der Waals surface area contributed by atoms with E-state index in [-0.39, 0.29) is 5.91 Å². The lowest BCUT2D eigenvalue weighted by atomic mass is 9.82. The monoisotopic (exact) mass is 241 g/mol. The fourth-order valence-electron chi connectivity index (χ4n) is 2.39. The number of carbonyl (C=O) groups excluding carboxylic acids is 1. The van der Waals surface area contributed by atoms with Crippen molar-refractivity contribution in [1.29, 1.82) is 0 Å². The van der Waals surface area contributed by atoms with Crippen LogP contribution in [0.1, 0.15) is 38.5 Å². The average Bonchev–Trinajstić information content (AvgIpc) is 2.25. The molecule has 0 aromatic carbocycles. The maximum Gasteiger partial charge on any atom is 0.329 e. The van der Waals surface area contributed by atoms with Crippen molar-refractivity contribution in [3.8, 4) is 0 Å². The Balaban J connectivity index is 1.91. The van der Waals surface area contributed by atoms with Gasteiger partial charge in [0.25, 0.3) is 0 Å². The van der Waals surface area contributed by atoms with E-state index in [1.807, 2.05) is 0 Å². The van der Waals surface area contributed by atoms with Gasteiger partial charge in [0.2, 0.25) is 5.91 Å². The summed E-state index contributed by atoms with van der Waals surface area (Å²) in [6, 6.07) is 0. The summed E-state index contributed by atoms with van der Waals surface area (Å²) >= 11 is 0. The maximum absolute atomic E-state index is 11.8. The van der Waals surface area contributed by atoms with E-state index in [1.165, 1.54) is 6.42 Å². The van der Waals surface area contributed by atoms with Crippen LogP contribution < -0.4 is 5.32 Å². The van der Waals surface area contributed by atoms with Crippen LogP contribution in [0.25, 0.3) is 0 Å². The molecule has 1 saturated carbocycles. The van der Waals surface area contributed by atoms with Crippen LogP contribution in [-0.2, 0) is 14.3 Å². The van der Waals surface area contributed by atoms with Crippen molar-refractivity contribution in [3.63, 3.8) is 0 Å². The maximum atomic E-state index is 11.8. The van der Waals surface area contributed by atoms with E-state index >= 15 is 0 Å². The molecule has 0 atom stereocenters. The molecule has 0 aromatic rings. The van der Waals surface area contributed by atoms with Crippen LogP contribution in [0.3, 0.4) is 0 Å². The minimum atomic E-state index is -1.10. The molecule has 2 N–H and O–H groups in total. The van der Waals surface area contributed by atoms with Gasteiger partial charge in [0.15, 0.2) is 0 Å². The summed E-state index contributed by atoms with van der Waals surface area (Å²) in [5, 5.41) is 12.0. The van der Waals surface area contributed by atoms with Crippen LogP contribution in [0.15, 0.2) is 0 Å². The Morgan fingerprint density at radius 2 is 1.94 bits per heavy atom. The third-order valence-corrected chi connectivity index (χ3v) is 3.83. The summed E-state index contributed by atoms with van der Waals surface area (Å²) in [7, 11) is 0. The second kappa shape index (κ2) is 5.04. The molecule has 2 fully saturated rings. The third kappa shape index (κ3) is 2.77. The van der Waals surface area contributed by atoms with Gasteiger partial charge in [-0.15, -0.1) is 0 Å². The smallest absolute Gasteiger partial charge is 0.329 e. The van der Waals surface area contributed by atoms with Gasteiger partial charge in [-0.3, -0.25) is 4.79 Å². The molecule has 0 bridgehead atoms. The summed E-state index contributed by atoms with van der Waals surface area (Å²) in [4.78, 5) is 23.1. The molecule has 1 heterocycles. The lowest BCUT2D eigenvalue weighted by molar-refractivity contribution is -0.152. The topological polar surface area (TPSA) is 75.6 Å². The SMILES string of the molecule is O=C(CC1CCC1)NC1(C(=O)O)CCOCC1. The largest absolute Gasteiger partial charge is 0.480 e. The summed E-state index contributed by atoms with van der Waals surface area (Å²) in [5.74, 6) is -0.609. The number of amides is 1. The highest BCUT2D eigenvalue weighted by atomic mass is 16.5. The van der Waals surface area contributed by atoms with Gasteiger partial charge in [0.1, 0.15) is 5.54 Å². The molecular formula is C12H19NO4. The molecule has 17 heavy (non-hydrogen) atoms. The molecule has 0 aromatic heterocycles. The number of rotatable bonds is 4. The number of carbonyl (C=O) groups is 2. The molecule has 2 rings (SSSR count). The highest BCUT2D eigenvalue weighted by molar-refractivity contribution is 5.87. The molecule has 5 nitrogen and oxygen atoms in total. The summed E-state index contributed by atoms with van der Waals surface area (Å²) in [6.45, 7) is 0.798. The average molecular weight is 241 g/mol. The van der Waals surface area contributed by atoms with Gasteiger partial charge in [-0.2, -0.15) is 0 Å². The highest BCUT2D eigenvalue weighted by Gasteiger charge is 2.41. The van der Waals surface area contributed by atoms with E-state index in [9.17, 15) is 14.7 Å². The molecule has 1 saturated heterocycles. The van der Waals surface area contributed by atoms with Crippen LogP contribution in [-0.4, -0.2) is 35.7 Å². The van der Waals surface area contributed by atoms with Crippen LogP contribution >= 0.6 is 0 Å². The molecule has 1 aliphatic heterocycles. The number of aliphatic carboxylic acids is 1. The summed E-state index contributed by atoms with van der Waals surface area (Å²) in [6.07, 6.45) is 4.57. The highest BCUT2D eigenvalue weighted by Crippen LogP contribution is 2.30. The number of hydrogen-bond acceptors (Lipinski definition) is 3. The zero-order chi connectivity index (χ0) is 12.3. The van der Waals surface area contributed by atoms with Crippen molar-refractivity contribution in [3.05, 3.63) is 0 Å². The van der Waals surface area contributed by atoms with E-state index in [0.717, 1.165) is 12.8 Å². The summed E-state index contributed by atoms with van der Waals surface area (Å²) < 4.78 is 5.16. The molecule has 0 spiro atoms. The quantitative estimate of drug-likeness (QED) is 0.767. The van der Waals surface area contributed by atoms with Crippen molar-refractivity contribution in [2.45, 2.75) is 44.1 Å². The Morgan fingerprint density at radius 1 is 1.29 bits per heavy atom. The first kappa shape index (κ1) is 12.4. The number of ether oxygens (including phenoxy) is 1. The molecule has 0 radical (unpaired) electrons. The Hall–Kier alpha value is -1.10. The molecule has 2 aliphatic rings. The first-order chi connectivity index (χ1) is 8.12. The van der Waals surface area contributed by atoms with E-state index in [0.29, 0.717) is 38.4 Å². The predicted molar refractivity (Wildman–Crippen MR) is 60.5 cm³/mol. The molecule has 1 aliphatic carbocycles. The van der Waals surface area contributed by atoms with Gasteiger partial charge < -0.3 is 15.2 Å². The number of carboxylic acid groups (broad SMARTS) is 1. The number of nitrogens with one attached hydrogen (secondary N) is 1. The van der Waals surface area contributed by atoms with Gasteiger partial charge in [-0.05, 0) is 18.8 Å². The van der Waals surface area contributed by atoms with Crippen LogP contribution in [0.5, 0.6) is 0 Å². The predicted octanol–water partition coefficient (Wildman–Crippen LogP) is 0.927. The van der Waals surface area contributed by atoms with Crippen molar-refractivity contribution in [1.82, 2.24) is 5.32 Å². The second-order valence-corrected chi connectivity index (χ2v) is 5.05. The van der Waals surface area contributed by atoms with Crippen molar-refractivity contribution in [2.24, 2.45) is 5.92 Å². The fourth-order valence-corrected chi connectivity index (χ4v) is 2.39.